The van der Waals surface area contributed by atoms with Crippen molar-refractivity contribution < 1.29 is 4.79 Å². The molecule has 2 aliphatic rings. The second-order valence-corrected chi connectivity index (χ2v) is 9.79. The Morgan fingerprint density at radius 2 is 2.00 bits per heavy atom. The molecule has 0 aromatic heterocycles. The fraction of sp³-hybridized carbons (Fsp3) is 0.696. The molecular formula is C23H37N3O. The normalized spacial score (nSPS) is 26.0. The van der Waals surface area contributed by atoms with E-state index in [1.807, 2.05) is 0 Å². The molecule has 0 aliphatic carbocycles. The number of amides is 1. The minimum absolute atomic E-state index is 0.153. The minimum Gasteiger partial charge on any atom is -0.356 e. The van der Waals surface area contributed by atoms with Crippen LogP contribution in [0.4, 0.5) is 0 Å². The molecule has 3 atom stereocenters. The van der Waals surface area contributed by atoms with E-state index in [-0.39, 0.29) is 11.3 Å². The van der Waals surface area contributed by atoms with E-state index in [1.54, 1.807) is 0 Å². The number of piperidine rings is 2. The number of rotatable bonds is 7. The number of fused-ring (bicyclic) bond motifs is 2. The Hall–Kier alpha value is -1.39. The lowest BCUT2D eigenvalue weighted by Crippen LogP contribution is -2.55. The molecule has 2 unspecified atom stereocenters. The highest BCUT2D eigenvalue weighted by molar-refractivity contribution is 5.75. The fourth-order valence-corrected chi connectivity index (χ4v) is 4.52. The van der Waals surface area contributed by atoms with Crippen LogP contribution >= 0.6 is 0 Å². The maximum atomic E-state index is 12.1. The summed E-state index contributed by atoms with van der Waals surface area (Å²) < 4.78 is 0. The van der Waals surface area contributed by atoms with Gasteiger partial charge in [0.15, 0.2) is 0 Å². The molecule has 0 radical (unpaired) electrons. The van der Waals surface area contributed by atoms with Crippen molar-refractivity contribution in [2.24, 2.45) is 17.3 Å². The van der Waals surface area contributed by atoms with Crippen LogP contribution in [0.25, 0.3) is 0 Å². The second-order valence-electron chi connectivity index (χ2n) is 9.79. The first-order valence-electron chi connectivity index (χ1n) is 10.7. The minimum atomic E-state index is 0.153. The molecular weight excluding hydrogens is 334 g/mol. The summed E-state index contributed by atoms with van der Waals surface area (Å²) in [5.74, 6) is 1.70. The summed E-state index contributed by atoms with van der Waals surface area (Å²) in [6, 6.07) is 11.4. The predicted octanol–water partition coefficient (Wildman–Crippen LogP) is 3.43. The first-order chi connectivity index (χ1) is 12.9. The molecule has 2 saturated heterocycles. The lowest BCUT2D eigenvalue weighted by atomic mass is 9.79. The summed E-state index contributed by atoms with van der Waals surface area (Å²) in [6.07, 6.45) is 4.09. The standard InChI is InChI=1S/C23H37N3O/c1-23(2,3)17-25-22(27)11-7-10-21-20-12-19(13-24-21)15-26(16-20)14-18-8-5-4-6-9-18/h4-6,8-9,19-21,24H,7,10-17H2,1-3H3,(H,25,27)/t19?,20?,21-/m1/s1. The van der Waals surface area contributed by atoms with Gasteiger partial charge in [-0.25, -0.2) is 0 Å². The number of likely N-dealkylation sites (tertiary alicyclic amines) is 1. The first kappa shape index (κ1) is 20.3. The van der Waals surface area contributed by atoms with E-state index in [0.29, 0.717) is 12.5 Å². The van der Waals surface area contributed by atoms with Crippen molar-refractivity contribution in [3.8, 4) is 0 Å². The third-order valence-corrected chi connectivity index (χ3v) is 5.87. The Morgan fingerprint density at radius 1 is 1.22 bits per heavy atom. The molecule has 2 fully saturated rings. The van der Waals surface area contributed by atoms with E-state index < -0.39 is 0 Å². The van der Waals surface area contributed by atoms with Gasteiger partial charge in [-0.1, -0.05) is 51.1 Å². The summed E-state index contributed by atoms with van der Waals surface area (Å²) in [4.78, 5) is 14.7. The van der Waals surface area contributed by atoms with Crippen molar-refractivity contribution in [2.75, 3.05) is 26.2 Å². The average Bonchev–Trinajstić information content (AvgIpc) is 2.62. The molecule has 0 saturated carbocycles. The molecule has 4 nitrogen and oxygen atoms in total. The number of nitrogens with zero attached hydrogens (tertiary/aromatic N) is 1. The zero-order valence-electron chi connectivity index (χ0n) is 17.3. The van der Waals surface area contributed by atoms with E-state index in [2.05, 4.69) is 66.6 Å². The Labute approximate surface area is 165 Å². The largest absolute Gasteiger partial charge is 0.356 e. The molecule has 27 heavy (non-hydrogen) atoms. The Balaban J connectivity index is 1.42. The summed E-state index contributed by atoms with van der Waals surface area (Å²) in [5.41, 5.74) is 1.57. The van der Waals surface area contributed by atoms with Crippen molar-refractivity contribution >= 4 is 5.91 Å². The van der Waals surface area contributed by atoms with E-state index in [0.717, 1.165) is 44.3 Å². The molecule has 1 amide bonds. The molecule has 4 heteroatoms. The maximum absolute atomic E-state index is 12.1. The Bertz CT molecular complexity index is 595. The van der Waals surface area contributed by atoms with Crippen LogP contribution in [0, 0.1) is 17.3 Å². The SMILES string of the molecule is CC(C)(C)CNC(=O)CCC[C@H]1NCC2CC1CN(Cc1ccccc1)C2. The van der Waals surface area contributed by atoms with E-state index in [4.69, 9.17) is 0 Å². The van der Waals surface area contributed by atoms with Gasteiger partial charge in [0.2, 0.25) is 5.91 Å². The van der Waals surface area contributed by atoms with Crippen molar-refractivity contribution in [3.63, 3.8) is 0 Å². The molecule has 1 aromatic carbocycles. The maximum Gasteiger partial charge on any atom is 0.220 e. The van der Waals surface area contributed by atoms with Gasteiger partial charge in [-0.2, -0.15) is 0 Å². The molecule has 150 valence electrons. The van der Waals surface area contributed by atoms with Gasteiger partial charge in [0.05, 0.1) is 0 Å². The molecule has 2 heterocycles. The number of hydrogen-bond donors (Lipinski definition) is 2. The van der Waals surface area contributed by atoms with Crippen LogP contribution in [0.2, 0.25) is 0 Å². The van der Waals surface area contributed by atoms with Crippen LogP contribution in [-0.2, 0) is 11.3 Å². The molecule has 1 aromatic rings. The molecule has 2 aliphatic heterocycles. The summed E-state index contributed by atoms with van der Waals surface area (Å²) in [6.45, 7) is 11.8. The van der Waals surface area contributed by atoms with Gasteiger partial charge in [-0.3, -0.25) is 9.69 Å². The topological polar surface area (TPSA) is 44.4 Å². The quantitative estimate of drug-likeness (QED) is 0.772. The summed E-state index contributed by atoms with van der Waals surface area (Å²) in [5, 5.41) is 6.85. The van der Waals surface area contributed by atoms with Crippen LogP contribution in [0.5, 0.6) is 0 Å². The number of carbonyl (C=O) groups excluding carboxylic acids is 1. The van der Waals surface area contributed by atoms with Gasteiger partial charge >= 0.3 is 0 Å². The van der Waals surface area contributed by atoms with Crippen molar-refractivity contribution in [1.29, 1.82) is 0 Å². The molecule has 2 N–H and O–H groups in total. The smallest absolute Gasteiger partial charge is 0.220 e. The van der Waals surface area contributed by atoms with E-state index in [9.17, 15) is 4.79 Å². The number of carbonyl (C=O) groups is 1. The van der Waals surface area contributed by atoms with Crippen LogP contribution in [0.1, 0.15) is 52.0 Å². The second kappa shape index (κ2) is 9.20. The Kier molecular flexibility index (Phi) is 6.93. The van der Waals surface area contributed by atoms with Crippen LogP contribution < -0.4 is 10.6 Å². The number of nitrogens with one attached hydrogen (secondary N) is 2. The van der Waals surface area contributed by atoms with Crippen molar-refractivity contribution in [3.05, 3.63) is 35.9 Å². The van der Waals surface area contributed by atoms with Gasteiger partial charge in [0.25, 0.3) is 0 Å². The van der Waals surface area contributed by atoms with E-state index in [1.165, 1.54) is 25.1 Å². The zero-order valence-corrected chi connectivity index (χ0v) is 17.3. The van der Waals surface area contributed by atoms with Gasteiger partial charge in [0, 0.05) is 38.6 Å². The third kappa shape index (κ3) is 6.62. The predicted molar refractivity (Wildman–Crippen MR) is 111 cm³/mol. The fourth-order valence-electron chi connectivity index (χ4n) is 4.52. The van der Waals surface area contributed by atoms with Gasteiger partial charge in [-0.05, 0) is 48.6 Å². The van der Waals surface area contributed by atoms with E-state index >= 15 is 0 Å². The number of hydrogen-bond acceptors (Lipinski definition) is 3. The van der Waals surface area contributed by atoms with Crippen molar-refractivity contribution in [2.45, 2.75) is 59.0 Å². The zero-order chi connectivity index (χ0) is 19.3. The lowest BCUT2D eigenvalue weighted by Gasteiger charge is -2.46. The molecule has 3 rings (SSSR count). The summed E-state index contributed by atoms with van der Waals surface area (Å²) in [7, 11) is 0. The first-order valence-corrected chi connectivity index (χ1v) is 10.7. The number of benzene rings is 1. The molecule has 2 bridgehead atoms. The van der Waals surface area contributed by atoms with Gasteiger partial charge in [-0.15, -0.1) is 0 Å². The monoisotopic (exact) mass is 371 g/mol. The lowest BCUT2D eigenvalue weighted by molar-refractivity contribution is -0.121. The van der Waals surface area contributed by atoms with Gasteiger partial charge < -0.3 is 10.6 Å². The van der Waals surface area contributed by atoms with Crippen molar-refractivity contribution in [1.82, 2.24) is 15.5 Å². The third-order valence-electron chi connectivity index (χ3n) is 5.87. The highest BCUT2D eigenvalue weighted by Gasteiger charge is 2.36. The highest BCUT2D eigenvalue weighted by atomic mass is 16.1. The van der Waals surface area contributed by atoms with Crippen LogP contribution in [0.3, 0.4) is 0 Å². The van der Waals surface area contributed by atoms with Crippen LogP contribution in [-0.4, -0.2) is 43.0 Å². The average molecular weight is 372 g/mol. The van der Waals surface area contributed by atoms with Gasteiger partial charge in [0.1, 0.15) is 0 Å². The highest BCUT2D eigenvalue weighted by Crippen LogP contribution is 2.31. The molecule has 0 spiro atoms. The van der Waals surface area contributed by atoms with Crippen LogP contribution in [0.15, 0.2) is 30.3 Å². The summed E-state index contributed by atoms with van der Waals surface area (Å²) >= 11 is 0. The Morgan fingerprint density at radius 3 is 2.74 bits per heavy atom.